The zero-order valence-electron chi connectivity index (χ0n) is 10.4. The standard InChI is InChI=1S/C12H13BrN4O2/c1-19-11-5-9(13)2-3-10(11)17-7-8(4-12(17)18)6-15-16-14/h2-3,5,8H,4,6-7H2,1H3. The number of nitrogens with zero attached hydrogens (tertiary/aromatic N) is 4. The van der Waals surface area contributed by atoms with Gasteiger partial charge in [0.05, 0.1) is 12.8 Å². The van der Waals surface area contributed by atoms with Crippen LogP contribution in [0.15, 0.2) is 27.8 Å². The second-order valence-corrected chi connectivity index (χ2v) is 5.22. The number of methoxy groups -OCH3 is 1. The lowest BCUT2D eigenvalue weighted by molar-refractivity contribution is -0.117. The molecule has 0 spiro atoms. The molecule has 1 atom stereocenters. The third-order valence-electron chi connectivity index (χ3n) is 3.04. The zero-order valence-corrected chi connectivity index (χ0v) is 12.0. The van der Waals surface area contributed by atoms with E-state index in [1.807, 2.05) is 18.2 Å². The summed E-state index contributed by atoms with van der Waals surface area (Å²) >= 11 is 3.37. The first-order valence-corrected chi connectivity index (χ1v) is 6.59. The zero-order chi connectivity index (χ0) is 13.8. The number of amides is 1. The Balaban J connectivity index is 2.22. The molecule has 1 aliphatic heterocycles. The summed E-state index contributed by atoms with van der Waals surface area (Å²) in [4.78, 5) is 16.4. The van der Waals surface area contributed by atoms with Crippen molar-refractivity contribution in [3.63, 3.8) is 0 Å². The monoisotopic (exact) mass is 324 g/mol. The highest BCUT2D eigenvalue weighted by atomic mass is 79.9. The Kier molecular flexibility index (Phi) is 4.29. The maximum Gasteiger partial charge on any atom is 0.227 e. The molecule has 1 aromatic rings. The van der Waals surface area contributed by atoms with E-state index in [1.165, 1.54) is 0 Å². The summed E-state index contributed by atoms with van der Waals surface area (Å²) in [6.07, 6.45) is 0.401. The lowest BCUT2D eigenvalue weighted by Gasteiger charge is -2.19. The first-order chi connectivity index (χ1) is 9.15. The molecule has 0 aromatic heterocycles. The van der Waals surface area contributed by atoms with Gasteiger partial charge in [-0.2, -0.15) is 0 Å². The van der Waals surface area contributed by atoms with Gasteiger partial charge in [-0.05, 0) is 29.6 Å². The number of carbonyl (C=O) groups is 1. The summed E-state index contributed by atoms with van der Waals surface area (Å²) in [5.74, 6) is 0.739. The molecule has 1 heterocycles. The number of halogens is 1. The van der Waals surface area contributed by atoms with Crippen LogP contribution in [-0.4, -0.2) is 26.1 Å². The number of hydrogen-bond acceptors (Lipinski definition) is 3. The molecule has 0 bridgehead atoms. The minimum Gasteiger partial charge on any atom is -0.495 e. The fraction of sp³-hybridized carbons (Fsp3) is 0.417. The van der Waals surface area contributed by atoms with Crippen LogP contribution >= 0.6 is 15.9 Å². The van der Waals surface area contributed by atoms with Crippen molar-refractivity contribution in [2.24, 2.45) is 11.0 Å². The molecule has 1 amide bonds. The average molecular weight is 325 g/mol. The topological polar surface area (TPSA) is 78.3 Å². The normalized spacial score (nSPS) is 18.3. The van der Waals surface area contributed by atoms with Gasteiger partial charge in [0.1, 0.15) is 5.75 Å². The number of anilines is 1. The van der Waals surface area contributed by atoms with Gasteiger partial charge < -0.3 is 9.64 Å². The van der Waals surface area contributed by atoms with Gasteiger partial charge in [0.2, 0.25) is 5.91 Å². The van der Waals surface area contributed by atoms with Crippen molar-refractivity contribution in [3.8, 4) is 5.75 Å². The van der Waals surface area contributed by atoms with Crippen LogP contribution in [0, 0.1) is 5.92 Å². The van der Waals surface area contributed by atoms with E-state index in [4.69, 9.17) is 10.3 Å². The molecule has 0 saturated carbocycles. The molecular weight excluding hydrogens is 312 g/mol. The number of carbonyl (C=O) groups excluding carboxylic acids is 1. The number of benzene rings is 1. The summed E-state index contributed by atoms with van der Waals surface area (Å²) < 4.78 is 6.19. The molecule has 1 aromatic carbocycles. The summed E-state index contributed by atoms with van der Waals surface area (Å²) in [6.45, 7) is 0.896. The minimum atomic E-state index is 0.0266. The fourth-order valence-electron chi connectivity index (χ4n) is 2.16. The average Bonchev–Trinajstić information content (AvgIpc) is 2.77. The van der Waals surface area contributed by atoms with Crippen LogP contribution < -0.4 is 9.64 Å². The molecule has 19 heavy (non-hydrogen) atoms. The molecule has 1 fully saturated rings. The van der Waals surface area contributed by atoms with Crippen LogP contribution in [0.2, 0.25) is 0 Å². The third-order valence-corrected chi connectivity index (χ3v) is 3.53. The van der Waals surface area contributed by atoms with E-state index in [0.717, 1.165) is 10.2 Å². The van der Waals surface area contributed by atoms with Crippen LogP contribution in [0.5, 0.6) is 5.75 Å². The van der Waals surface area contributed by atoms with Crippen molar-refractivity contribution in [1.82, 2.24) is 0 Å². The van der Waals surface area contributed by atoms with Gasteiger partial charge in [-0.15, -0.1) is 0 Å². The van der Waals surface area contributed by atoms with Crippen LogP contribution in [0.25, 0.3) is 10.4 Å². The Morgan fingerprint density at radius 3 is 3.11 bits per heavy atom. The fourth-order valence-corrected chi connectivity index (χ4v) is 2.50. The van der Waals surface area contributed by atoms with Gasteiger partial charge in [0.15, 0.2) is 0 Å². The van der Waals surface area contributed by atoms with Gasteiger partial charge in [0.25, 0.3) is 0 Å². The molecular formula is C12H13BrN4O2. The third kappa shape index (κ3) is 3.00. The minimum absolute atomic E-state index is 0.0266. The number of rotatable bonds is 4. The Hall–Kier alpha value is -1.72. The smallest absolute Gasteiger partial charge is 0.227 e. The maximum absolute atomic E-state index is 12.0. The molecule has 6 nitrogen and oxygen atoms in total. The highest BCUT2D eigenvalue weighted by molar-refractivity contribution is 9.10. The van der Waals surface area contributed by atoms with E-state index in [2.05, 4.69) is 26.0 Å². The molecule has 100 valence electrons. The molecule has 1 unspecified atom stereocenters. The van der Waals surface area contributed by atoms with Crippen molar-refractivity contribution in [1.29, 1.82) is 0 Å². The van der Waals surface area contributed by atoms with E-state index in [-0.39, 0.29) is 11.8 Å². The largest absolute Gasteiger partial charge is 0.495 e. The predicted octanol–water partition coefficient (Wildman–Crippen LogP) is 3.12. The van der Waals surface area contributed by atoms with Crippen molar-refractivity contribution >= 4 is 27.5 Å². The molecule has 0 aliphatic carbocycles. The van der Waals surface area contributed by atoms with Crippen molar-refractivity contribution in [2.45, 2.75) is 6.42 Å². The van der Waals surface area contributed by atoms with Gasteiger partial charge in [0, 0.05) is 28.9 Å². The van der Waals surface area contributed by atoms with Gasteiger partial charge in [-0.1, -0.05) is 21.0 Å². The van der Waals surface area contributed by atoms with Gasteiger partial charge in [-0.3, -0.25) is 4.79 Å². The Labute approximate surface area is 119 Å². The quantitative estimate of drug-likeness (QED) is 0.484. The second kappa shape index (κ2) is 5.95. The van der Waals surface area contributed by atoms with Gasteiger partial charge >= 0.3 is 0 Å². The SMILES string of the molecule is COc1cc(Br)ccc1N1CC(CN=[N+]=[N-])CC1=O. The van der Waals surface area contributed by atoms with Crippen LogP contribution in [0.4, 0.5) is 5.69 Å². The lowest BCUT2D eigenvalue weighted by Crippen LogP contribution is -2.25. The van der Waals surface area contributed by atoms with E-state index < -0.39 is 0 Å². The molecule has 7 heteroatoms. The van der Waals surface area contributed by atoms with Crippen molar-refractivity contribution in [2.75, 3.05) is 25.1 Å². The number of azide groups is 1. The van der Waals surface area contributed by atoms with Crippen molar-refractivity contribution < 1.29 is 9.53 Å². The molecule has 1 aliphatic rings. The predicted molar refractivity (Wildman–Crippen MR) is 75.2 cm³/mol. The van der Waals surface area contributed by atoms with Crippen LogP contribution in [0.1, 0.15) is 6.42 Å². The van der Waals surface area contributed by atoms with E-state index in [9.17, 15) is 4.79 Å². The van der Waals surface area contributed by atoms with E-state index >= 15 is 0 Å². The molecule has 0 N–H and O–H groups in total. The Bertz CT molecular complexity index is 543. The molecule has 1 saturated heterocycles. The van der Waals surface area contributed by atoms with Gasteiger partial charge in [-0.25, -0.2) is 0 Å². The Morgan fingerprint density at radius 1 is 1.63 bits per heavy atom. The first kappa shape index (κ1) is 13.7. The summed E-state index contributed by atoms with van der Waals surface area (Å²) in [5.41, 5.74) is 9.07. The second-order valence-electron chi connectivity index (χ2n) is 4.30. The van der Waals surface area contributed by atoms with E-state index in [1.54, 1.807) is 12.0 Å². The maximum atomic E-state index is 12.0. The first-order valence-electron chi connectivity index (χ1n) is 5.80. The lowest BCUT2D eigenvalue weighted by atomic mass is 10.1. The van der Waals surface area contributed by atoms with E-state index in [0.29, 0.717) is 25.3 Å². The number of hydrogen-bond donors (Lipinski definition) is 0. The molecule has 2 rings (SSSR count). The summed E-state index contributed by atoms with van der Waals surface area (Å²) in [7, 11) is 1.57. The Morgan fingerprint density at radius 2 is 2.42 bits per heavy atom. The highest BCUT2D eigenvalue weighted by Crippen LogP contribution is 2.35. The summed E-state index contributed by atoms with van der Waals surface area (Å²) in [6, 6.07) is 5.53. The van der Waals surface area contributed by atoms with Crippen molar-refractivity contribution in [3.05, 3.63) is 33.1 Å². The number of ether oxygens (including phenoxy) is 1. The molecule has 0 radical (unpaired) electrons. The highest BCUT2D eigenvalue weighted by Gasteiger charge is 2.31. The summed E-state index contributed by atoms with van der Waals surface area (Å²) in [5, 5.41) is 3.54. The van der Waals surface area contributed by atoms with Crippen LogP contribution in [0.3, 0.4) is 0 Å². The van der Waals surface area contributed by atoms with Crippen LogP contribution in [-0.2, 0) is 4.79 Å².